The molecule has 0 fully saturated rings. The summed E-state index contributed by atoms with van der Waals surface area (Å²) in [5.74, 6) is 0.713. The van der Waals surface area contributed by atoms with E-state index in [1.807, 2.05) is 17.9 Å². The Hall–Kier alpha value is -1.61. The zero-order valence-corrected chi connectivity index (χ0v) is 12.3. The van der Waals surface area contributed by atoms with Gasteiger partial charge in [-0.2, -0.15) is 5.10 Å². The third-order valence-corrected chi connectivity index (χ3v) is 4.65. The molecule has 2 atom stereocenters. The van der Waals surface area contributed by atoms with Gasteiger partial charge in [0.1, 0.15) is 0 Å². The van der Waals surface area contributed by atoms with E-state index >= 15 is 0 Å². The van der Waals surface area contributed by atoms with Crippen LogP contribution in [-0.2, 0) is 19.9 Å². The molecule has 3 nitrogen and oxygen atoms in total. The fourth-order valence-electron chi connectivity index (χ4n) is 3.51. The van der Waals surface area contributed by atoms with Crippen LogP contribution in [0.3, 0.4) is 0 Å². The number of benzene rings is 1. The molecule has 0 saturated heterocycles. The van der Waals surface area contributed by atoms with Gasteiger partial charge in [0.05, 0.1) is 0 Å². The van der Waals surface area contributed by atoms with Gasteiger partial charge in [0.15, 0.2) is 0 Å². The third-order valence-electron chi connectivity index (χ3n) is 4.65. The summed E-state index contributed by atoms with van der Waals surface area (Å²) in [5, 5.41) is 7.79. The molecule has 1 aliphatic carbocycles. The molecule has 0 saturated carbocycles. The Morgan fingerprint density at radius 3 is 2.90 bits per heavy atom. The molecule has 3 heteroatoms. The predicted octanol–water partition coefficient (Wildman–Crippen LogP) is 2.88. The highest BCUT2D eigenvalue weighted by Crippen LogP contribution is 2.36. The molecule has 1 aliphatic rings. The monoisotopic (exact) mass is 269 g/mol. The van der Waals surface area contributed by atoms with E-state index in [1.54, 1.807) is 0 Å². The van der Waals surface area contributed by atoms with Gasteiger partial charge in [-0.1, -0.05) is 24.3 Å². The van der Waals surface area contributed by atoms with Crippen molar-refractivity contribution >= 4 is 0 Å². The van der Waals surface area contributed by atoms with Crippen molar-refractivity contribution in [3.8, 4) is 0 Å². The van der Waals surface area contributed by atoms with Crippen LogP contribution in [-0.4, -0.2) is 16.8 Å². The second-order valence-electron chi connectivity index (χ2n) is 5.75. The van der Waals surface area contributed by atoms with Crippen molar-refractivity contribution in [2.45, 2.75) is 31.7 Å². The molecule has 2 unspecified atom stereocenters. The highest BCUT2D eigenvalue weighted by atomic mass is 15.2. The Labute approximate surface area is 121 Å². The van der Waals surface area contributed by atoms with E-state index in [-0.39, 0.29) is 0 Å². The van der Waals surface area contributed by atoms with Gasteiger partial charge in [-0.3, -0.25) is 4.68 Å². The summed E-state index contributed by atoms with van der Waals surface area (Å²) >= 11 is 0. The summed E-state index contributed by atoms with van der Waals surface area (Å²) < 4.78 is 1.99. The average Bonchev–Trinajstić information content (AvgIpc) is 2.89. The van der Waals surface area contributed by atoms with Gasteiger partial charge in [-0.25, -0.2) is 0 Å². The van der Waals surface area contributed by atoms with Crippen molar-refractivity contribution in [2.24, 2.45) is 13.0 Å². The summed E-state index contributed by atoms with van der Waals surface area (Å²) in [6, 6.07) is 11.5. The first-order valence-electron chi connectivity index (χ1n) is 7.51. The molecule has 0 aliphatic heterocycles. The van der Waals surface area contributed by atoms with Crippen LogP contribution in [0.1, 0.15) is 35.7 Å². The molecule has 0 radical (unpaired) electrons. The molecule has 2 aromatic rings. The topological polar surface area (TPSA) is 29.9 Å². The number of nitrogens with zero attached hydrogens (tertiary/aromatic N) is 2. The quantitative estimate of drug-likeness (QED) is 0.925. The Morgan fingerprint density at radius 2 is 2.15 bits per heavy atom. The smallest absolute Gasteiger partial charge is 0.0492 e. The zero-order valence-electron chi connectivity index (χ0n) is 12.3. The number of nitrogens with one attached hydrogen (secondary N) is 1. The largest absolute Gasteiger partial charge is 0.313 e. The standard InChI is InChI=1S/C17H23N3/c1-18-17-14(9-10-15-11-12-19-20(15)2)8-7-13-5-3-4-6-16(13)17/h3-6,11-12,14,17-18H,7-10H2,1-2H3. The van der Waals surface area contributed by atoms with Crippen molar-refractivity contribution < 1.29 is 0 Å². The van der Waals surface area contributed by atoms with Gasteiger partial charge in [0.25, 0.3) is 0 Å². The lowest BCUT2D eigenvalue weighted by Crippen LogP contribution is -2.30. The Balaban J connectivity index is 1.73. The average molecular weight is 269 g/mol. The first-order valence-corrected chi connectivity index (χ1v) is 7.51. The van der Waals surface area contributed by atoms with Crippen molar-refractivity contribution in [1.29, 1.82) is 0 Å². The number of aromatic nitrogens is 2. The second-order valence-corrected chi connectivity index (χ2v) is 5.75. The minimum Gasteiger partial charge on any atom is -0.313 e. The van der Waals surface area contributed by atoms with Crippen molar-refractivity contribution in [3.05, 3.63) is 53.3 Å². The van der Waals surface area contributed by atoms with E-state index < -0.39 is 0 Å². The molecule has 0 amide bonds. The van der Waals surface area contributed by atoms with Gasteiger partial charge < -0.3 is 5.32 Å². The molecule has 1 N–H and O–H groups in total. The first kappa shape index (κ1) is 13.4. The highest BCUT2D eigenvalue weighted by Gasteiger charge is 2.27. The Bertz CT molecular complexity index is 573. The number of rotatable bonds is 4. The lowest BCUT2D eigenvalue weighted by atomic mass is 9.77. The number of hydrogen-bond donors (Lipinski definition) is 1. The van der Waals surface area contributed by atoms with E-state index in [9.17, 15) is 0 Å². The van der Waals surface area contributed by atoms with Crippen molar-refractivity contribution in [2.75, 3.05) is 7.05 Å². The molecule has 1 heterocycles. The fourth-order valence-corrected chi connectivity index (χ4v) is 3.51. The predicted molar refractivity (Wildman–Crippen MR) is 81.6 cm³/mol. The molecule has 3 rings (SSSR count). The Morgan fingerprint density at radius 1 is 1.30 bits per heavy atom. The first-order chi connectivity index (χ1) is 9.79. The second kappa shape index (κ2) is 5.80. The SMILES string of the molecule is CNC1c2ccccc2CCC1CCc1ccnn1C. The lowest BCUT2D eigenvalue weighted by molar-refractivity contribution is 0.315. The van der Waals surface area contributed by atoms with Gasteiger partial charge in [-0.05, 0) is 55.8 Å². The van der Waals surface area contributed by atoms with E-state index in [0.717, 1.165) is 6.42 Å². The molecule has 0 bridgehead atoms. The maximum absolute atomic E-state index is 4.26. The van der Waals surface area contributed by atoms with Crippen LogP contribution in [0.15, 0.2) is 36.5 Å². The zero-order chi connectivity index (χ0) is 13.9. The Kier molecular flexibility index (Phi) is 3.88. The minimum atomic E-state index is 0.494. The normalized spacial score (nSPS) is 21.7. The number of hydrogen-bond acceptors (Lipinski definition) is 2. The number of fused-ring (bicyclic) bond motifs is 1. The molecular weight excluding hydrogens is 246 g/mol. The molecule has 0 spiro atoms. The molecule has 1 aromatic heterocycles. The molecule has 106 valence electrons. The van der Waals surface area contributed by atoms with Gasteiger partial charge in [0, 0.05) is 25.0 Å². The van der Waals surface area contributed by atoms with E-state index in [2.05, 4.69) is 47.8 Å². The number of aryl methyl sites for hydroxylation is 3. The lowest BCUT2D eigenvalue weighted by Gasteiger charge is -2.33. The van der Waals surface area contributed by atoms with Crippen LogP contribution in [0.25, 0.3) is 0 Å². The third kappa shape index (κ3) is 2.50. The van der Waals surface area contributed by atoms with E-state index in [1.165, 1.54) is 36.1 Å². The molecule has 1 aromatic carbocycles. The molecular formula is C17H23N3. The van der Waals surface area contributed by atoms with Gasteiger partial charge in [-0.15, -0.1) is 0 Å². The summed E-state index contributed by atoms with van der Waals surface area (Å²) in [6.07, 6.45) is 6.72. The van der Waals surface area contributed by atoms with Gasteiger partial charge in [0.2, 0.25) is 0 Å². The highest BCUT2D eigenvalue weighted by molar-refractivity contribution is 5.33. The van der Waals surface area contributed by atoms with Crippen LogP contribution in [0.5, 0.6) is 0 Å². The van der Waals surface area contributed by atoms with Crippen molar-refractivity contribution in [3.63, 3.8) is 0 Å². The van der Waals surface area contributed by atoms with Crippen LogP contribution in [0.2, 0.25) is 0 Å². The summed E-state index contributed by atoms with van der Waals surface area (Å²) in [4.78, 5) is 0. The van der Waals surface area contributed by atoms with Crippen LogP contribution < -0.4 is 5.32 Å². The van der Waals surface area contributed by atoms with E-state index in [4.69, 9.17) is 0 Å². The van der Waals surface area contributed by atoms with Crippen molar-refractivity contribution in [1.82, 2.24) is 15.1 Å². The molecule has 20 heavy (non-hydrogen) atoms. The van der Waals surface area contributed by atoms with Crippen LogP contribution in [0.4, 0.5) is 0 Å². The minimum absolute atomic E-state index is 0.494. The van der Waals surface area contributed by atoms with E-state index in [0.29, 0.717) is 12.0 Å². The van der Waals surface area contributed by atoms with Crippen LogP contribution in [0, 0.1) is 5.92 Å². The maximum atomic E-state index is 4.26. The fraction of sp³-hybridized carbons (Fsp3) is 0.471. The summed E-state index contributed by atoms with van der Waals surface area (Å²) in [6.45, 7) is 0. The van der Waals surface area contributed by atoms with Crippen LogP contribution >= 0.6 is 0 Å². The summed E-state index contributed by atoms with van der Waals surface area (Å²) in [5.41, 5.74) is 4.35. The summed E-state index contributed by atoms with van der Waals surface area (Å²) in [7, 11) is 4.12. The maximum Gasteiger partial charge on any atom is 0.0492 e. The van der Waals surface area contributed by atoms with Gasteiger partial charge >= 0.3 is 0 Å².